The Labute approximate surface area is 154 Å². The molecule has 5 nitrogen and oxygen atoms in total. The van der Waals surface area contributed by atoms with Gasteiger partial charge in [-0.05, 0) is 30.5 Å². The number of unbranched alkanes of at least 4 members (excludes halogenated alkanes) is 1. The molecule has 1 heterocycles. The van der Waals surface area contributed by atoms with Gasteiger partial charge in [0.15, 0.2) is 0 Å². The number of carbonyl (C=O) groups is 1. The summed E-state index contributed by atoms with van der Waals surface area (Å²) < 4.78 is 4.88. The molecule has 0 amide bonds. The van der Waals surface area contributed by atoms with Crippen LogP contribution in [0, 0.1) is 11.3 Å². The number of esters is 1. The fourth-order valence-electron chi connectivity index (χ4n) is 2.65. The van der Waals surface area contributed by atoms with E-state index in [0.29, 0.717) is 35.4 Å². The third kappa shape index (κ3) is 4.70. The summed E-state index contributed by atoms with van der Waals surface area (Å²) in [6.45, 7) is 2.08. The summed E-state index contributed by atoms with van der Waals surface area (Å²) in [5, 5.41) is 9.22. The summed E-state index contributed by atoms with van der Waals surface area (Å²) in [5.74, 6) is -0.405. The molecule has 5 heteroatoms. The number of aromatic nitrogens is 1. The highest BCUT2D eigenvalue weighted by Crippen LogP contribution is 2.22. The molecule has 2 rings (SSSR count). The van der Waals surface area contributed by atoms with E-state index in [0.717, 1.165) is 24.0 Å². The van der Waals surface area contributed by atoms with Crippen LogP contribution in [0.5, 0.6) is 0 Å². The van der Waals surface area contributed by atoms with Gasteiger partial charge >= 0.3 is 5.97 Å². The van der Waals surface area contributed by atoms with Crippen molar-refractivity contribution in [3.63, 3.8) is 0 Å². The van der Waals surface area contributed by atoms with Crippen LogP contribution in [0.15, 0.2) is 53.9 Å². The van der Waals surface area contributed by atoms with Crippen LogP contribution in [0.1, 0.15) is 37.3 Å². The molecule has 2 aromatic rings. The van der Waals surface area contributed by atoms with Gasteiger partial charge in [0.25, 0.3) is 0 Å². The second kappa shape index (κ2) is 9.38. The van der Waals surface area contributed by atoms with Gasteiger partial charge in [-0.25, -0.2) is 4.79 Å². The van der Waals surface area contributed by atoms with Crippen molar-refractivity contribution in [2.24, 2.45) is 5.73 Å². The highest BCUT2D eigenvalue weighted by Gasteiger charge is 2.15. The minimum absolute atomic E-state index is 0.370. The average molecular weight is 349 g/mol. The number of nitrogens with zero attached hydrogens (tertiary/aromatic N) is 2. The summed E-state index contributed by atoms with van der Waals surface area (Å²) in [7, 11) is 1.36. The van der Waals surface area contributed by atoms with E-state index in [2.05, 4.69) is 18.0 Å². The number of carbonyl (C=O) groups excluding carboxylic acids is 1. The Morgan fingerprint density at radius 2 is 2.04 bits per heavy atom. The first-order valence-electron chi connectivity index (χ1n) is 8.61. The number of rotatable bonds is 7. The van der Waals surface area contributed by atoms with Crippen LogP contribution in [0.25, 0.3) is 11.3 Å². The molecule has 0 aliphatic heterocycles. The summed E-state index contributed by atoms with van der Waals surface area (Å²) in [5.41, 5.74) is 10.1. The zero-order valence-electron chi connectivity index (χ0n) is 15.2. The molecular formula is C21H23N3O2. The largest absolute Gasteiger partial charge is 0.466 e. The van der Waals surface area contributed by atoms with Gasteiger partial charge in [-0.2, -0.15) is 5.26 Å². The molecule has 0 bridgehead atoms. The molecule has 2 N–H and O–H groups in total. The number of nitriles is 1. The second-order valence-electron chi connectivity index (χ2n) is 5.98. The molecule has 134 valence electrons. The summed E-state index contributed by atoms with van der Waals surface area (Å²) in [4.78, 5) is 16.5. The maximum Gasteiger partial charge on any atom is 0.335 e. The van der Waals surface area contributed by atoms with Crippen molar-refractivity contribution in [3.05, 3.63) is 65.0 Å². The minimum atomic E-state index is -0.405. The highest BCUT2D eigenvalue weighted by atomic mass is 16.5. The van der Waals surface area contributed by atoms with Crippen LogP contribution in [0.4, 0.5) is 0 Å². The predicted molar refractivity (Wildman–Crippen MR) is 101 cm³/mol. The Balaban J connectivity index is 2.26. The van der Waals surface area contributed by atoms with Gasteiger partial charge in [-0.15, -0.1) is 0 Å². The van der Waals surface area contributed by atoms with Crippen LogP contribution in [0.3, 0.4) is 0 Å². The van der Waals surface area contributed by atoms with Crippen molar-refractivity contribution in [3.8, 4) is 17.3 Å². The van der Waals surface area contributed by atoms with Crippen LogP contribution in [-0.2, 0) is 16.0 Å². The number of ether oxygens (including phenoxy) is 1. The van der Waals surface area contributed by atoms with Crippen molar-refractivity contribution in [2.45, 2.75) is 32.6 Å². The number of hydrogen-bond donors (Lipinski definition) is 1. The number of nitrogens with two attached hydrogens (primary N) is 1. The van der Waals surface area contributed by atoms with Crippen LogP contribution in [-0.4, -0.2) is 18.1 Å². The third-order valence-corrected chi connectivity index (χ3v) is 4.15. The maximum absolute atomic E-state index is 12.1. The molecule has 0 radical (unpaired) electrons. The minimum Gasteiger partial charge on any atom is -0.466 e. The smallest absolute Gasteiger partial charge is 0.335 e. The number of hydrogen-bond acceptors (Lipinski definition) is 5. The molecule has 0 fully saturated rings. The van der Waals surface area contributed by atoms with Crippen LogP contribution in [0.2, 0.25) is 0 Å². The topological polar surface area (TPSA) is 89.0 Å². The van der Waals surface area contributed by atoms with Crippen molar-refractivity contribution < 1.29 is 9.53 Å². The number of pyridine rings is 1. The number of methoxy groups -OCH3 is 1. The van der Waals surface area contributed by atoms with E-state index < -0.39 is 5.97 Å². The normalized spacial score (nSPS) is 11.4. The van der Waals surface area contributed by atoms with E-state index in [-0.39, 0.29) is 0 Å². The number of allylic oxidation sites excluding steroid dienone is 1. The monoisotopic (exact) mass is 349 g/mol. The van der Waals surface area contributed by atoms with E-state index in [4.69, 9.17) is 10.5 Å². The van der Waals surface area contributed by atoms with E-state index in [9.17, 15) is 10.1 Å². The third-order valence-electron chi connectivity index (χ3n) is 4.15. The SMILES string of the molecule is CCCCC(N)=C(Cc1ccc(-c2ccccc2C#N)nc1)C(=O)OC. The molecular weight excluding hydrogens is 326 g/mol. The standard InChI is InChI=1S/C21H23N3O2/c1-3-4-9-19(23)18(21(25)26-2)12-15-10-11-20(24-14-15)17-8-6-5-7-16(17)13-22/h5-8,10-11,14H,3-4,9,12,23H2,1-2H3. The van der Waals surface area contributed by atoms with E-state index in [1.165, 1.54) is 7.11 Å². The first kappa shape index (κ1) is 19.2. The van der Waals surface area contributed by atoms with Crippen LogP contribution < -0.4 is 5.73 Å². The van der Waals surface area contributed by atoms with Crippen molar-refractivity contribution in [1.29, 1.82) is 5.26 Å². The van der Waals surface area contributed by atoms with E-state index in [1.54, 1.807) is 12.3 Å². The lowest BCUT2D eigenvalue weighted by molar-refractivity contribution is -0.136. The lowest BCUT2D eigenvalue weighted by Gasteiger charge is -2.11. The molecule has 1 aromatic carbocycles. The molecule has 26 heavy (non-hydrogen) atoms. The van der Waals surface area contributed by atoms with Gasteiger partial charge in [0.1, 0.15) is 0 Å². The first-order chi connectivity index (χ1) is 12.6. The van der Waals surface area contributed by atoms with Gasteiger partial charge in [-0.3, -0.25) is 4.98 Å². The molecule has 1 aromatic heterocycles. The van der Waals surface area contributed by atoms with E-state index in [1.807, 2.05) is 30.3 Å². The lowest BCUT2D eigenvalue weighted by Crippen LogP contribution is -2.15. The molecule has 0 unspecified atom stereocenters. The zero-order chi connectivity index (χ0) is 18.9. The van der Waals surface area contributed by atoms with E-state index >= 15 is 0 Å². The first-order valence-corrected chi connectivity index (χ1v) is 8.61. The molecule has 0 aliphatic carbocycles. The van der Waals surface area contributed by atoms with Crippen molar-refractivity contribution in [2.75, 3.05) is 7.11 Å². The maximum atomic E-state index is 12.1. The van der Waals surface area contributed by atoms with Gasteiger partial charge in [0.05, 0.1) is 30.0 Å². The molecule has 0 spiro atoms. The zero-order valence-corrected chi connectivity index (χ0v) is 15.2. The van der Waals surface area contributed by atoms with Crippen molar-refractivity contribution in [1.82, 2.24) is 4.98 Å². The highest BCUT2D eigenvalue weighted by molar-refractivity contribution is 5.89. The predicted octanol–water partition coefficient (Wildman–Crippen LogP) is 3.74. The van der Waals surface area contributed by atoms with Crippen molar-refractivity contribution >= 4 is 5.97 Å². The summed E-state index contributed by atoms with van der Waals surface area (Å²) in [6.07, 6.45) is 4.68. The second-order valence-corrected chi connectivity index (χ2v) is 5.98. The van der Waals surface area contributed by atoms with Crippen LogP contribution >= 0.6 is 0 Å². The number of benzene rings is 1. The molecule has 0 atom stereocenters. The fraction of sp³-hybridized carbons (Fsp3) is 0.286. The Morgan fingerprint density at radius 3 is 2.65 bits per heavy atom. The Morgan fingerprint density at radius 1 is 1.27 bits per heavy atom. The lowest BCUT2D eigenvalue weighted by atomic mass is 10.0. The van der Waals surface area contributed by atoms with Gasteiger partial charge in [0, 0.05) is 23.9 Å². The molecule has 0 saturated carbocycles. The van der Waals surface area contributed by atoms with Gasteiger partial charge < -0.3 is 10.5 Å². The van der Waals surface area contributed by atoms with Gasteiger partial charge in [0.2, 0.25) is 0 Å². The fourth-order valence-corrected chi connectivity index (χ4v) is 2.65. The average Bonchev–Trinajstić information content (AvgIpc) is 2.70. The molecule has 0 aliphatic rings. The summed E-state index contributed by atoms with van der Waals surface area (Å²) >= 11 is 0. The summed E-state index contributed by atoms with van der Waals surface area (Å²) in [6, 6.07) is 13.2. The Bertz CT molecular complexity index is 833. The Kier molecular flexibility index (Phi) is 6.92. The molecule has 0 saturated heterocycles. The van der Waals surface area contributed by atoms with Gasteiger partial charge in [-0.1, -0.05) is 37.6 Å². The quantitative estimate of drug-likeness (QED) is 0.607. The Hall–Kier alpha value is -3.13.